The van der Waals surface area contributed by atoms with Crippen LogP contribution in [0.5, 0.6) is 5.88 Å². The van der Waals surface area contributed by atoms with Gasteiger partial charge in [0.25, 0.3) is 0 Å². The molecule has 13 heavy (non-hydrogen) atoms. The van der Waals surface area contributed by atoms with Gasteiger partial charge in [0.1, 0.15) is 0 Å². The molecule has 0 aliphatic heterocycles. The molecule has 0 saturated carbocycles. The van der Waals surface area contributed by atoms with Gasteiger partial charge in [0.05, 0.1) is 30.3 Å². The van der Waals surface area contributed by atoms with Crippen molar-refractivity contribution in [3.8, 4) is 5.88 Å². The van der Waals surface area contributed by atoms with E-state index in [-0.39, 0.29) is 6.61 Å². The van der Waals surface area contributed by atoms with Crippen LogP contribution in [-0.2, 0) is 0 Å². The van der Waals surface area contributed by atoms with Crippen LogP contribution in [0.1, 0.15) is 11.6 Å². The highest BCUT2D eigenvalue weighted by molar-refractivity contribution is 6.31. The van der Waals surface area contributed by atoms with Crippen LogP contribution in [0.15, 0.2) is 12.3 Å². The molecule has 0 bridgehead atoms. The second kappa shape index (κ2) is 4.41. The zero-order valence-corrected chi connectivity index (χ0v) is 7.95. The molecule has 0 saturated heterocycles. The van der Waals surface area contributed by atoms with Gasteiger partial charge in [-0.15, -0.1) is 0 Å². The summed E-state index contributed by atoms with van der Waals surface area (Å²) in [6, 6.07) is 1.05. The normalized spacial score (nSPS) is 12.6. The largest absolute Gasteiger partial charge is 0.481 e. The number of aliphatic hydroxyl groups excluding tert-OH is 1. The number of methoxy groups -OCH3 is 1. The van der Waals surface area contributed by atoms with E-state index in [1.165, 1.54) is 13.3 Å². The number of hydrogen-bond donors (Lipinski definition) is 2. The first-order valence-corrected chi connectivity index (χ1v) is 4.13. The molecular formula is C8H11ClN2O2. The summed E-state index contributed by atoms with van der Waals surface area (Å²) in [5.74, 6) is 0.356. The molecule has 0 aromatic carbocycles. The third-order valence-corrected chi connectivity index (χ3v) is 1.99. The Balaban J connectivity index is 3.14. The fraction of sp³-hybridized carbons (Fsp3) is 0.375. The highest BCUT2D eigenvalue weighted by Gasteiger charge is 2.15. The van der Waals surface area contributed by atoms with Gasteiger partial charge in [-0.25, -0.2) is 4.98 Å². The van der Waals surface area contributed by atoms with Crippen molar-refractivity contribution < 1.29 is 9.84 Å². The van der Waals surface area contributed by atoms with Crippen LogP contribution in [0.4, 0.5) is 0 Å². The van der Waals surface area contributed by atoms with Crippen LogP contribution in [0.3, 0.4) is 0 Å². The fourth-order valence-electron chi connectivity index (χ4n) is 1.02. The maximum absolute atomic E-state index is 8.87. The number of aliphatic hydroxyl groups is 1. The van der Waals surface area contributed by atoms with E-state index in [1.54, 1.807) is 6.07 Å². The third-order valence-electron chi connectivity index (χ3n) is 1.66. The maximum atomic E-state index is 8.87. The van der Waals surface area contributed by atoms with Crippen LogP contribution < -0.4 is 10.5 Å². The van der Waals surface area contributed by atoms with E-state index in [1.807, 2.05) is 0 Å². The van der Waals surface area contributed by atoms with Crippen LogP contribution in [-0.4, -0.2) is 23.8 Å². The Morgan fingerprint density at radius 1 is 1.77 bits per heavy atom. The molecule has 0 radical (unpaired) electrons. The van der Waals surface area contributed by atoms with E-state index in [0.717, 1.165) is 0 Å². The highest BCUT2D eigenvalue weighted by atomic mass is 35.5. The summed E-state index contributed by atoms with van der Waals surface area (Å²) in [4.78, 5) is 3.93. The molecule has 1 rings (SSSR count). The standard InChI is InChI=1S/C8H11ClN2O2/c1-13-8-7(6(10)4-12)5(9)2-3-11-8/h2-3,6,12H,4,10H2,1H3/t6-/m1/s1. The monoisotopic (exact) mass is 202 g/mol. The summed E-state index contributed by atoms with van der Waals surface area (Å²) in [6.45, 7) is -0.193. The van der Waals surface area contributed by atoms with Crippen molar-refractivity contribution >= 4 is 11.6 Å². The lowest BCUT2D eigenvalue weighted by atomic mass is 10.1. The summed E-state index contributed by atoms with van der Waals surface area (Å²) < 4.78 is 4.96. The van der Waals surface area contributed by atoms with Gasteiger partial charge in [0, 0.05) is 6.20 Å². The van der Waals surface area contributed by atoms with Gasteiger partial charge in [-0.2, -0.15) is 0 Å². The average molecular weight is 203 g/mol. The van der Waals surface area contributed by atoms with Crippen molar-refractivity contribution in [2.75, 3.05) is 13.7 Å². The topological polar surface area (TPSA) is 68.4 Å². The molecule has 72 valence electrons. The molecule has 0 unspecified atom stereocenters. The van der Waals surface area contributed by atoms with Crippen LogP contribution in [0.25, 0.3) is 0 Å². The van der Waals surface area contributed by atoms with E-state index in [4.69, 9.17) is 27.2 Å². The summed E-state index contributed by atoms with van der Waals surface area (Å²) in [7, 11) is 1.48. The summed E-state index contributed by atoms with van der Waals surface area (Å²) in [5, 5.41) is 9.32. The molecule has 4 nitrogen and oxygen atoms in total. The molecule has 3 N–H and O–H groups in total. The van der Waals surface area contributed by atoms with Crippen molar-refractivity contribution in [3.63, 3.8) is 0 Å². The van der Waals surface area contributed by atoms with E-state index < -0.39 is 6.04 Å². The second-order valence-electron chi connectivity index (χ2n) is 2.50. The molecule has 1 atom stereocenters. The van der Waals surface area contributed by atoms with E-state index in [0.29, 0.717) is 16.5 Å². The first-order chi connectivity index (χ1) is 6.20. The zero-order chi connectivity index (χ0) is 9.84. The van der Waals surface area contributed by atoms with Crippen molar-refractivity contribution in [1.29, 1.82) is 0 Å². The Kier molecular flexibility index (Phi) is 3.48. The lowest BCUT2D eigenvalue weighted by Crippen LogP contribution is -2.16. The predicted octanol–water partition coefficient (Wildman–Crippen LogP) is 0.736. The number of rotatable bonds is 3. The minimum absolute atomic E-state index is 0.193. The summed E-state index contributed by atoms with van der Waals surface area (Å²) in [5.41, 5.74) is 6.15. The Morgan fingerprint density at radius 2 is 2.46 bits per heavy atom. The number of nitrogens with zero attached hydrogens (tertiary/aromatic N) is 1. The molecule has 0 amide bonds. The number of halogens is 1. The average Bonchev–Trinajstić information content (AvgIpc) is 2.16. The first kappa shape index (κ1) is 10.2. The van der Waals surface area contributed by atoms with Crippen molar-refractivity contribution in [2.45, 2.75) is 6.04 Å². The number of pyridine rings is 1. The van der Waals surface area contributed by atoms with Gasteiger partial charge < -0.3 is 15.6 Å². The lowest BCUT2D eigenvalue weighted by molar-refractivity contribution is 0.263. The number of aromatic nitrogens is 1. The molecule has 5 heteroatoms. The van der Waals surface area contributed by atoms with Gasteiger partial charge in [-0.1, -0.05) is 11.6 Å². The van der Waals surface area contributed by atoms with Gasteiger partial charge in [-0.3, -0.25) is 0 Å². The van der Waals surface area contributed by atoms with Gasteiger partial charge in [0.15, 0.2) is 0 Å². The van der Waals surface area contributed by atoms with Crippen LogP contribution in [0, 0.1) is 0 Å². The van der Waals surface area contributed by atoms with E-state index >= 15 is 0 Å². The Bertz CT molecular complexity index is 293. The van der Waals surface area contributed by atoms with Gasteiger partial charge >= 0.3 is 0 Å². The fourth-order valence-corrected chi connectivity index (χ4v) is 1.30. The predicted molar refractivity (Wildman–Crippen MR) is 49.8 cm³/mol. The molecule has 0 aliphatic rings. The Morgan fingerprint density at radius 3 is 3.00 bits per heavy atom. The van der Waals surface area contributed by atoms with E-state index in [2.05, 4.69) is 4.98 Å². The number of ether oxygens (including phenoxy) is 1. The molecule has 1 aromatic heterocycles. The molecule has 1 heterocycles. The summed E-state index contributed by atoms with van der Waals surface area (Å²) >= 11 is 5.87. The first-order valence-electron chi connectivity index (χ1n) is 3.75. The van der Waals surface area contributed by atoms with Crippen molar-refractivity contribution in [3.05, 3.63) is 22.8 Å². The molecular weight excluding hydrogens is 192 g/mol. The van der Waals surface area contributed by atoms with Crippen LogP contribution >= 0.6 is 11.6 Å². The quantitative estimate of drug-likeness (QED) is 0.759. The number of hydrogen-bond acceptors (Lipinski definition) is 4. The van der Waals surface area contributed by atoms with Gasteiger partial charge in [0.2, 0.25) is 5.88 Å². The smallest absolute Gasteiger partial charge is 0.219 e. The highest BCUT2D eigenvalue weighted by Crippen LogP contribution is 2.28. The molecule has 1 aromatic rings. The zero-order valence-electron chi connectivity index (χ0n) is 7.20. The minimum Gasteiger partial charge on any atom is -0.481 e. The SMILES string of the molecule is COc1nccc(Cl)c1[C@H](N)CO. The number of nitrogens with two attached hydrogens (primary N) is 1. The van der Waals surface area contributed by atoms with Crippen LogP contribution in [0.2, 0.25) is 5.02 Å². The van der Waals surface area contributed by atoms with Crippen molar-refractivity contribution in [1.82, 2.24) is 4.98 Å². The van der Waals surface area contributed by atoms with E-state index in [9.17, 15) is 0 Å². The third kappa shape index (κ3) is 2.09. The van der Waals surface area contributed by atoms with Gasteiger partial charge in [-0.05, 0) is 6.07 Å². The minimum atomic E-state index is -0.559. The molecule has 0 aliphatic carbocycles. The van der Waals surface area contributed by atoms with Crippen molar-refractivity contribution in [2.24, 2.45) is 5.73 Å². The second-order valence-corrected chi connectivity index (χ2v) is 2.91. The Labute approximate surface area is 81.3 Å². The Hall–Kier alpha value is -0.840. The molecule has 0 fully saturated rings. The lowest BCUT2D eigenvalue weighted by Gasteiger charge is -2.13. The summed E-state index contributed by atoms with van der Waals surface area (Å²) in [6.07, 6.45) is 1.52. The maximum Gasteiger partial charge on any atom is 0.219 e. The molecule has 0 spiro atoms.